The number of nitriles is 1. The van der Waals surface area contributed by atoms with Gasteiger partial charge in [0.1, 0.15) is 6.07 Å². The lowest BCUT2D eigenvalue weighted by Crippen LogP contribution is -2.42. The maximum absolute atomic E-state index is 12.7. The summed E-state index contributed by atoms with van der Waals surface area (Å²) >= 11 is 0. The first-order valence-electron chi connectivity index (χ1n) is 9.50. The van der Waals surface area contributed by atoms with Gasteiger partial charge in [0.05, 0.1) is 16.8 Å². The van der Waals surface area contributed by atoms with Crippen molar-refractivity contribution in [3.05, 3.63) is 35.5 Å². The Bertz CT molecular complexity index is 871. The van der Waals surface area contributed by atoms with Crippen molar-refractivity contribution in [3.63, 3.8) is 0 Å². The van der Waals surface area contributed by atoms with Crippen LogP contribution in [0, 0.1) is 24.2 Å². The topological polar surface area (TPSA) is 60.2 Å². The summed E-state index contributed by atoms with van der Waals surface area (Å²) < 4.78 is 0. The van der Waals surface area contributed by atoms with Gasteiger partial charge in [-0.1, -0.05) is 11.6 Å². The van der Waals surface area contributed by atoms with Crippen LogP contribution in [0.25, 0.3) is 10.9 Å². The van der Waals surface area contributed by atoms with Crippen molar-refractivity contribution in [1.82, 2.24) is 9.88 Å². The number of aromatic nitrogens is 1. The van der Waals surface area contributed by atoms with E-state index in [1.54, 1.807) is 6.20 Å². The highest BCUT2D eigenvalue weighted by Crippen LogP contribution is 2.33. The Morgan fingerprint density at radius 3 is 2.62 bits per heavy atom. The molecule has 0 atom stereocenters. The lowest BCUT2D eigenvalue weighted by molar-refractivity contribution is -0.135. The number of fused-ring (bicyclic) bond motifs is 1. The molecule has 1 amide bonds. The molecule has 2 fully saturated rings. The number of pyridine rings is 1. The number of benzene rings is 1. The van der Waals surface area contributed by atoms with Gasteiger partial charge in [-0.15, -0.1) is 0 Å². The van der Waals surface area contributed by atoms with Crippen molar-refractivity contribution in [1.29, 1.82) is 5.26 Å². The normalized spacial score (nSPS) is 18.3. The molecule has 1 aromatic heterocycles. The summed E-state index contributed by atoms with van der Waals surface area (Å²) in [4.78, 5) is 21.4. The van der Waals surface area contributed by atoms with Gasteiger partial charge in [-0.2, -0.15) is 5.26 Å². The highest BCUT2D eigenvalue weighted by Gasteiger charge is 2.31. The molecule has 0 bridgehead atoms. The Morgan fingerprint density at radius 1 is 1.19 bits per heavy atom. The second kappa shape index (κ2) is 6.95. The standard InChI is InChI=1S/C21H24N4O/c1-15-4-5-19-18(12-15)20(17(13-22)14-23-19)24-10-6-16(7-11-24)21(26)25-8-2-3-9-25/h4-5,12,14,16H,2-3,6-11H2,1H3. The lowest BCUT2D eigenvalue weighted by Gasteiger charge is -2.35. The van der Waals surface area contributed by atoms with Crippen molar-refractivity contribution in [2.75, 3.05) is 31.1 Å². The summed E-state index contributed by atoms with van der Waals surface area (Å²) in [5, 5.41) is 10.6. The fourth-order valence-corrected chi connectivity index (χ4v) is 4.26. The first-order valence-corrected chi connectivity index (χ1v) is 9.50. The Labute approximate surface area is 154 Å². The van der Waals surface area contributed by atoms with E-state index in [2.05, 4.69) is 28.9 Å². The summed E-state index contributed by atoms with van der Waals surface area (Å²) in [7, 11) is 0. The molecule has 0 aliphatic carbocycles. The first-order chi connectivity index (χ1) is 12.7. The van der Waals surface area contributed by atoms with Crippen molar-refractivity contribution in [3.8, 4) is 6.07 Å². The SMILES string of the molecule is Cc1ccc2ncc(C#N)c(N3CCC(C(=O)N4CCCC4)CC3)c2c1. The Morgan fingerprint density at radius 2 is 1.92 bits per heavy atom. The monoisotopic (exact) mass is 348 g/mol. The largest absolute Gasteiger partial charge is 0.370 e. The van der Waals surface area contributed by atoms with Gasteiger partial charge >= 0.3 is 0 Å². The molecule has 134 valence electrons. The molecule has 0 N–H and O–H groups in total. The van der Waals surface area contributed by atoms with E-state index >= 15 is 0 Å². The second-order valence-corrected chi connectivity index (χ2v) is 7.45. The zero-order chi connectivity index (χ0) is 18.1. The number of anilines is 1. The first kappa shape index (κ1) is 16.8. The van der Waals surface area contributed by atoms with Gasteiger partial charge < -0.3 is 9.80 Å². The van der Waals surface area contributed by atoms with Crippen LogP contribution in [0.1, 0.15) is 36.8 Å². The maximum atomic E-state index is 12.7. The summed E-state index contributed by atoms with van der Waals surface area (Å²) in [6, 6.07) is 8.48. The molecule has 0 spiro atoms. The molecule has 4 rings (SSSR count). The van der Waals surface area contributed by atoms with Crippen LogP contribution in [0.15, 0.2) is 24.4 Å². The van der Waals surface area contributed by atoms with Gasteiger partial charge in [0, 0.05) is 43.7 Å². The smallest absolute Gasteiger partial charge is 0.225 e. The summed E-state index contributed by atoms with van der Waals surface area (Å²) in [5.41, 5.74) is 3.68. The van der Waals surface area contributed by atoms with Gasteiger partial charge in [0.2, 0.25) is 5.91 Å². The number of carbonyl (C=O) groups is 1. The molecule has 2 aromatic rings. The number of aryl methyl sites for hydroxylation is 1. The molecule has 5 nitrogen and oxygen atoms in total. The van der Waals surface area contributed by atoms with E-state index in [9.17, 15) is 10.1 Å². The average molecular weight is 348 g/mol. The molecule has 2 aliphatic rings. The maximum Gasteiger partial charge on any atom is 0.225 e. The number of rotatable bonds is 2. The number of piperidine rings is 1. The van der Waals surface area contributed by atoms with E-state index in [0.29, 0.717) is 11.5 Å². The van der Waals surface area contributed by atoms with Crippen molar-refractivity contribution >= 4 is 22.5 Å². The Balaban J connectivity index is 1.58. The van der Waals surface area contributed by atoms with Gasteiger partial charge in [-0.05, 0) is 44.7 Å². The van der Waals surface area contributed by atoms with Crippen LogP contribution in [0.4, 0.5) is 5.69 Å². The quantitative estimate of drug-likeness (QED) is 0.836. The van der Waals surface area contributed by atoms with E-state index in [1.807, 2.05) is 17.0 Å². The number of carbonyl (C=O) groups excluding carboxylic acids is 1. The molecular formula is C21H24N4O. The van der Waals surface area contributed by atoms with Crippen LogP contribution in [0.2, 0.25) is 0 Å². The van der Waals surface area contributed by atoms with Gasteiger partial charge in [-0.3, -0.25) is 9.78 Å². The van der Waals surface area contributed by atoms with Crippen molar-refractivity contribution in [2.45, 2.75) is 32.6 Å². The van der Waals surface area contributed by atoms with Crippen LogP contribution in [-0.4, -0.2) is 42.0 Å². The number of likely N-dealkylation sites (tertiary alicyclic amines) is 1. The fourth-order valence-electron chi connectivity index (χ4n) is 4.26. The predicted octanol–water partition coefficient (Wildman–Crippen LogP) is 3.25. The van der Waals surface area contributed by atoms with E-state index < -0.39 is 0 Å². The number of hydrogen-bond acceptors (Lipinski definition) is 4. The third-order valence-corrected chi connectivity index (χ3v) is 5.69. The predicted molar refractivity (Wildman–Crippen MR) is 102 cm³/mol. The number of nitrogens with zero attached hydrogens (tertiary/aromatic N) is 4. The molecule has 0 radical (unpaired) electrons. The summed E-state index contributed by atoms with van der Waals surface area (Å²) in [6.45, 7) is 5.53. The molecule has 2 aliphatic heterocycles. The van der Waals surface area contributed by atoms with Crippen LogP contribution in [0.3, 0.4) is 0 Å². The average Bonchev–Trinajstić information content (AvgIpc) is 3.21. The van der Waals surface area contributed by atoms with Crippen LogP contribution < -0.4 is 4.90 Å². The fraction of sp³-hybridized carbons (Fsp3) is 0.476. The minimum atomic E-state index is 0.129. The minimum absolute atomic E-state index is 0.129. The second-order valence-electron chi connectivity index (χ2n) is 7.45. The molecule has 2 saturated heterocycles. The molecule has 0 unspecified atom stereocenters. The van der Waals surface area contributed by atoms with E-state index in [4.69, 9.17) is 0 Å². The molecule has 5 heteroatoms. The Hall–Kier alpha value is -2.61. The molecule has 26 heavy (non-hydrogen) atoms. The zero-order valence-corrected chi connectivity index (χ0v) is 15.2. The molecule has 0 saturated carbocycles. The van der Waals surface area contributed by atoms with Crippen LogP contribution in [-0.2, 0) is 4.79 Å². The number of amides is 1. The molecule has 1 aromatic carbocycles. The highest BCUT2D eigenvalue weighted by molar-refractivity contribution is 5.95. The Kier molecular flexibility index (Phi) is 4.50. The van der Waals surface area contributed by atoms with Gasteiger partial charge in [0.25, 0.3) is 0 Å². The molecule has 3 heterocycles. The molecular weight excluding hydrogens is 324 g/mol. The summed E-state index contributed by atoms with van der Waals surface area (Å²) in [5.74, 6) is 0.461. The van der Waals surface area contributed by atoms with Crippen LogP contribution >= 0.6 is 0 Å². The minimum Gasteiger partial charge on any atom is -0.370 e. The van der Waals surface area contributed by atoms with E-state index in [-0.39, 0.29) is 5.92 Å². The van der Waals surface area contributed by atoms with Crippen molar-refractivity contribution in [2.24, 2.45) is 5.92 Å². The van der Waals surface area contributed by atoms with E-state index in [1.165, 1.54) is 0 Å². The summed E-state index contributed by atoms with van der Waals surface area (Å²) in [6.07, 6.45) is 5.66. The number of hydrogen-bond donors (Lipinski definition) is 0. The van der Waals surface area contributed by atoms with Crippen molar-refractivity contribution < 1.29 is 4.79 Å². The zero-order valence-electron chi connectivity index (χ0n) is 15.2. The third-order valence-electron chi connectivity index (χ3n) is 5.69. The van der Waals surface area contributed by atoms with Gasteiger partial charge in [-0.25, -0.2) is 0 Å². The van der Waals surface area contributed by atoms with Gasteiger partial charge in [0.15, 0.2) is 0 Å². The van der Waals surface area contributed by atoms with E-state index in [0.717, 1.165) is 74.0 Å². The third kappa shape index (κ3) is 3.01. The van der Waals surface area contributed by atoms with Crippen LogP contribution in [0.5, 0.6) is 0 Å². The lowest BCUT2D eigenvalue weighted by atomic mass is 9.94. The highest BCUT2D eigenvalue weighted by atomic mass is 16.2.